The van der Waals surface area contributed by atoms with Gasteiger partial charge in [-0.3, -0.25) is 14.4 Å². The number of halogens is 3. The average Bonchev–Trinajstić information content (AvgIpc) is 2.84. The number of carbonyl (C=O) groups is 3. The van der Waals surface area contributed by atoms with Crippen LogP contribution in [0.2, 0.25) is 0 Å². The number of rotatable bonds is 12. The Morgan fingerprint density at radius 1 is 1.08 bits per heavy atom. The number of allylic oxidation sites excluding steroid dienone is 6. The van der Waals surface area contributed by atoms with Gasteiger partial charge < -0.3 is 4.90 Å². The van der Waals surface area contributed by atoms with Crippen molar-refractivity contribution < 1.29 is 40.3 Å². The second kappa shape index (κ2) is 13.9. The highest BCUT2D eigenvalue weighted by molar-refractivity contribution is 8.03. The summed E-state index contributed by atoms with van der Waals surface area (Å²) in [6.07, 6.45) is 10.8. The highest BCUT2D eigenvalue weighted by atomic mass is 32.2. The molecule has 1 aliphatic heterocycles. The first-order valence-corrected chi connectivity index (χ1v) is 14.5. The van der Waals surface area contributed by atoms with Crippen molar-refractivity contribution in [3.05, 3.63) is 58.6 Å². The molecule has 8 nitrogen and oxygen atoms in total. The van der Waals surface area contributed by atoms with Crippen LogP contribution in [0.25, 0.3) is 0 Å². The Morgan fingerprint density at radius 3 is 2.21 bits per heavy atom. The fourth-order valence-corrected chi connectivity index (χ4v) is 4.76. The molecule has 38 heavy (non-hydrogen) atoms. The molecule has 0 radical (unpaired) electrons. The Morgan fingerprint density at radius 2 is 1.66 bits per heavy atom. The molecule has 2 bridgehead atoms. The van der Waals surface area contributed by atoms with Gasteiger partial charge in [0.15, 0.2) is 0 Å². The van der Waals surface area contributed by atoms with Crippen LogP contribution in [-0.2, 0) is 28.8 Å². The molecule has 0 N–H and O–H groups in total. The second-order valence-electron chi connectivity index (χ2n) is 8.54. The van der Waals surface area contributed by atoms with Crippen LogP contribution in [0.3, 0.4) is 0 Å². The van der Waals surface area contributed by atoms with E-state index < -0.39 is 32.5 Å². The summed E-state index contributed by atoms with van der Waals surface area (Å²) >= 11 is 1.31. The summed E-state index contributed by atoms with van der Waals surface area (Å²) in [6.45, 7) is 9.48. The van der Waals surface area contributed by atoms with Gasteiger partial charge in [0.25, 0.3) is 11.8 Å². The molecule has 13 heteroatoms. The quantitative estimate of drug-likeness (QED) is 0.240. The van der Waals surface area contributed by atoms with Crippen molar-refractivity contribution >= 4 is 39.6 Å². The van der Waals surface area contributed by atoms with E-state index in [1.54, 1.807) is 6.08 Å². The minimum Gasteiger partial charge on any atom is -0.343 e. The summed E-state index contributed by atoms with van der Waals surface area (Å²) in [4.78, 5) is 40.4. The van der Waals surface area contributed by atoms with Gasteiger partial charge in [0.1, 0.15) is 0 Å². The van der Waals surface area contributed by atoms with Crippen molar-refractivity contribution in [2.24, 2.45) is 0 Å². The minimum absolute atomic E-state index is 0.0339. The smallest absolute Gasteiger partial charge is 0.343 e. The van der Waals surface area contributed by atoms with E-state index in [2.05, 4.69) is 24.7 Å². The molecule has 0 spiro atoms. The van der Waals surface area contributed by atoms with Crippen molar-refractivity contribution in [2.45, 2.75) is 57.9 Å². The summed E-state index contributed by atoms with van der Waals surface area (Å²) in [6, 6.07) is 0. The molecule has 1 saturated heterocycles. The van der Waals surface area contributed by atoms with Gasteiger partial charge in [-0.25, -0.2) is 0 Å². The van der Waals surface area contributed by atoms with E-state index >= 15 is 0 Å². The maximum atomic E-state index is 12.8. The SMILES string of the molecule is C=C1/C=C\C=C2/C/C(=C\C=C/1SCCC(=O)N(CCCC)CCCC)C(=O)N(OS(=O)(=O)C(F)(F)F)C2=O. The largest absolute Gasteiger partial charge is 0.525 e. The fraction of sp³-hybridized carbons (Fsp3) is 0.480. The maximum Gasteiger partial charge on any atom is 0.525 e. The molecule has 0 aromatic carbocycles. The molecular weight excluding hydrogens is 545 g/mol. The van der Waals surface area contributed by atoms with Gasteiger partial charge in [-0.05, 0) is 24.5 Å². The van der Waals surface area contributed by atoms with Crippen molar-refractivity contribution in [1.82, 2.24) is 9.96 Å². The van der Waals surface area contributed by atoms with Gasteiger partial charge in [0.2, 0.25) is 5.91 Å². The van der Waals surface area contributed by atoms with Gasteiger partial charge in [-0.1, -0.05) is 57.6 Å². The Balaban J connectivity index is 2.22. The Labute approximate surface area is 225 Å². The fourth-order valence-electron chi connectivity index (χ4n) is 3.43. The lowest BCUT2D eigenvalue weighted by Gasteiger charge is -2.26. The van der Waals surface area contributed by atoms with Gasteiger partial charge in [0.05, 0.1) is 0 Å². The molecule has 0 atom stereocenters. The first kappa shape index (κ1) is 31.6. The van der Waals surface area contributed by atoms with Crippen LogP contribution < -0.4 is 0 Å². The van der Waals surface area contributed by atoms with Crippen molar-refractivity contribution in [2.75, 3.05) is 18.8 Å². The minimum atomic E-state index is -6.25. The van der Waals surface area contributed by atoms with Crippen LogP contribution in [0.5, 0.6) is 0 Å². The topological polar surface area (TPSA) is 101 Å². The number of thioether (sulfide) groups is 1. The van der Waals surface area contributed by atoms with Crippen molar-refractivity contribution in [3.63, 3.8) is 0 Å². The predicted molar refractivity (Wildman–Crippen MR) is 139 cm³/mol. The third-order valence-corrected chi connectivity index (χ3v) is 7.62. The number of fused-ring (bicyclic) bond motifs is 2. The van der Waals surface area contributed by atoms with Crippen LogP contribution in [0, 0.1) is 0 Å². The third kappa shape index (κ3) is 8.43. The van der Waals surface area contributed by atoms with E-state index in [0.29, 0.717) is 29.3 Å². The molecule has 0 aromatic heterocycles. The van der Waals surface area contributed by atoms with Crippen LogP contribution in [-0.4, -0.2) is 60.5 Å². The van der Waals surface area contributed by atoms with Gasteiger partial charge in [-0.2, -0.15) is 21.6 Å². The summed E-state index contributed by atoms with van der Waals surface area (Å²) in [7, 11) is -6.25. The van der Waals surface area contributed by atoms with E-state index in [9.17, 15) is 36.0 Å². The van der Waals surface area contributed by atoms with E-state index in [1.165, 1.54) is 36.1 Å². The van der Waals surface area contributed by atoms with Gasteiger partial charge in [0, 0.05) is 47.7 Å². The number of hydroxylamine groups is 2. The molecule has 2 aliphatic rings. The van der Waals surface area contributed by atoms with Crippen LogP contribution in [0.4, 0.5) is 13.2 Å². The van der Waals surface area contributed by atoms with E-state index in [-0.39, 0.29) is 29.9 Å². The Bertz CT molecular complexity index is 1160. The number of piperidine rings is 1. The second-order valence-corrected chi connectivity index (χ2v) is 11.2. The summed E-state index contributed by atoms with van der Waals surface area (Å²) in [5.41, 5.74) is -5.61. The zero-order valence-corrected chi connectivity index (χ0v) is 22.9. The normalized spacial score (nSPS) is 21.7. The number of hydrogen-bond acceptors (Lipinski definition) is 7. The van der Waals surface area contributed by atoms with Gasteiger partial charge in [-0.15, -0.1) is 21.1 Å². The number of amides is 3. The maximum absolute atomic E-state index is 12.8. The third-order valence-electron chi connectivity index (χ3n) is 5.59. The Hall–Kier alpha value is -2.64. The molecule has 1 aliphatic carbocycles. The van der Waals surface area contributed by atoms with E-state index in [0.717, 1.165) is 25.7 Å². The molecule has 0 saturated carbocycles. The first-order chi connectivity index (χ1) is 17.8. The monoisotopic (exact) mass is 576 g/mol. The van der Waals surface area contributed by atoms with Gasteiger partial charge >= 0.3 is 15.6 Å². The Kier molecular flexibility index (Phi) is 11.6. The zero-order chi connectivity index (χ0) is 28.5. The molecule has 1 fully saturated rings. The molecule has 1 heterocycles. The van der Waals surface area contributed by atoms with Crippen LogP contribution in [0.15, 0.2) is 58.6 Å². The number of nitrogens with zero attached hydrogens (tertiary/aromatic N) is 2. The number of alkyl halides is 3. The number of imide groups is 1. The van der Waals surface area contributed by atoms with Crippen LogP contribution >= 0.6 is 11.8 Å². The molecule has 0 unspecified atom stereocenters. The number of hydrogen-bond donors (Lipinski definition) is 0. The number of unbranched alkanes of at least 4 members (excludes halogenated alkanes) is 2. The first-order valence-electron chi connectivity index (χ1n) is 12.1. The standard InChI is InChI=1S/C25H31F3N2O6S2/c1-4-6-14-29(15-7-5-2)22(31)13-16-37-21-12-11-20-17-19(10-8-9-18(21)3)23(32)30(24(20)33)36-38(34,35)25(26,27)28/h8-12H,3-7,13-17H2,1-2H3/b9-8-,19-10+,20-11+,21-12+. The zero-order valence-electron chi connectivity index (χ0n) is 21.3. The van der Waals surface area contributed by atoms with Crippen LogP contribution in [0.1, 0.15) is 52.4 Å². The number of carbonyl (C=O) groups excluding carboxylic acids is 3. The van der Waals surface area contributed by atoms with E-state index in [4.69, 9.17) is 0 Å². The predicted octanol–water partition coefficient (Wildman–Crippen LogP) is 4.94. The summed E-state index contributed by atoms with van der Waals surface area (Å²) in [5.74, 6) is -2.19. The van der Waals surface area contributed by atoms with Crippen molar-refractivity contribution in [1.29, 1.82) is 0 Å². The molecule has 3 amide bonds. The van der Waals surface area contributed by atoms with Crippen molar-refractivity contribution in [3.8, 4) is 0 Å². The molecule has 2 rings (SSSR count). The average molecular weight is 577 g/mol. The molecule has 0 aromatic rings. The van der Waals surface area contributed by atoms with E-state index in [1.807, 2.05) is 4.90 Å². The lowest BCUT2D eigenvalue weighted by atomic mass is 9.97. The summed E-state index contributed by atoms with van der Waals surface area (Å²) < 4.78 is 65.1. The summed E-state index contributed by atoms with van der Waals surface area (Å²) in [5, 5.41) is -0.394. The molecular formula is C25H31F3N2O6S2. The highest BCUT2D eigenvalue weighted by Crippen LogP contribution is 2.32. The molecule has 210 valence electrons. The lowest BCUT2D eigenvalue weighted by Crippen LogP contribution is -2.46. The highest BCUT2D eigenvalue weighted by Gasteiger charge is 2.51. The lowest BCUT2D eigenvalue weighted by molar-refractivity contribution is -0.170.